The second kappa shape index (κ2) is 6.42. The lowest BCUT2D eigenvalue weighted by Gasteiger charge is -2.31. The quantitative estimate of drug-likeness (QED) is 0.919. The highest BCUT2D eigenvalue weighted by Gasteiger charge is 2.43. The molecule has 1 aliphatic heterocycles. The molecule has 1 N–H and O–H groups in total. The number of hydrogen-bond donors (Lipinski definition) is 1. The van der Waals surface area contributed by atoms with Gasteiger partial charge in [-0.15, -0.1) is 11.3 Å². The number of likely N-dealkylation sites (tertiary alicyclic amines) is 1. The molecule has 2 heterocycles. The molecule has 2 amide bonds. The van der Waals surface area contributed by atoms with E-state index in [1.165, 1.54) is 11.3 Å². The Bertz CT molecular complexity index is 496. The fourth-order valence-electron chi connectivity index (χ4n) is 2.17. The molecule has 1 aromatic rings. The van der Waals surface area contributed by atoms with Crippen LogP contribution in [0.15, 0.2) is 11.6 Å². The van der Waals surface area contributed by atoms with Crippen LogP contribution < -0.4 is 5.32 Å². The Labute approximate surface area is 123 Å². The van der Waals surface area contributed by atoms with Gasteiger partial charge < -0.3 is 10.2 Å². The first-order chi connectivity index (χ1) is 9.88. The number of amides is 2. The fraction of sp³-hybridized carbons (Fsp3) is 0.583. The minimum Gasteiger partial charge on any atom is -0.349 e. The second-order valence-electron chi connectivity index (χ2n) is 4.71. The molecule has 1 aromatic heterocycles. The average molecular weight is 321 g/mol. The molecule has 1 saturated heterocycles. The van der Waals surface area contributed by atoms with E-state index in [-0.39, 0.29) is 37.8 Å². The minimum absolute atomic E-state index is 0.0479. The Hall–Kier alpha value is -1.64. The third-order valence-corrected chi connectivity index (χ3v) is 4.07. The summed E-state index contributed by atoms with van der Waals surface area (Å²) < 4.78 is 36.9. The van der Waals surface area contributed by atoms with E-state index in [0.29, 0.717) is 6.54 Å². The summed E-state index contributed by atoms with van der Waals surface area (Å²) in [7, 11) is 0. The highest BCUT2D eigenvalue weighted by molar-refractivity contribution is 7.09. The summed E-state index contributed by atoms with van der Waals surface area (Å²) in [5.41, 5.74) is 0. The topological polar surface area (TPSA) is 62.3 Å². The number of carbonyl (C=O) groups is 2. The molecule has 0 atom stereocenters. The van der Waals surface area contributed by atoms with Gasteiger partial charge in [0.2, 0.25) is 5.91 Å². The van der Waals surface area contributed by atoms with E-state index < -0.39 is 12.1 Å². The molecular formula is C12H14F3N3O2S. The number of nitrogens with zero attached hydrogens (tertiary/aromatic N) is 2. The maximum atomic E-state index is 12.3. The number of piperidine rings is 1. The van der Waals surface area contributed by atoms with Gasteiger partial charge >= 0.3 is 12.1 Å². The molecule has 0 unspecified atom stereocenters. The van der Waals surface area contributed by atoms with Crippen molar-refractivity contribution in [1.29, 1.82) is 0 Å². The summed E-state index contributed by atoms with van der Waals surface area (Å²) in [6.07, 6.45) is -2.73. The Morgan fingerprint density at radius 2 is 2.05 bits per heavy atom. The van der Waals surface area contributed by atoms with Crippen molar-refractivity contribution >= 4 is 23.2 Å². The summed E-state index contributed by atoms with van der Waals surface area (Å²) in [5.74, 6) is -2.39. The van der Waals surface area contributed by atoms with E-state index >= 15 is 0 Å². The number of carbonyl (C=O) groups excluding carboxylic acids is 2. The van der Waals surface area contributed by atoms with Crippen LogP contribution in [-0.4, -0.2) is 41.0 Å². The SMILES string of the molecule is O=C(NCc1nccs1)C1CCN(C(=O)C(F)(F)F)CC1. The van der Waals surface area contributed by atoms with Gasteiger partial charge in [0.05, 0.1) is 6.54 Å². The molecule has 0 bridgehead atoms. The molecule has 0 aliphatic carbocycles. The lowest BCUT2D eigenvalue weighted by molar-refractivity contribution is -0.186. The van der Waals surface area contributed by atoms with Gasteiger partial charge in [-0.25, -0.2) is 4.98 Å². The number of halogens is 3. The molecule has 0 radical (unpaired) electrons. The normalized spacial score (nSPS) is 16.8. The fourth-order valence-corrected chi connectivity index (χ4v) is 2.73. The average Bonchev–Trinajstić information content (AvgIpc) is 2.96. The van der Waals surface area contributed by atoms with Crippen LogP contribution >= 0.6 is 11.3 Å². The van der Waals surface area contributed by atoms with E-state index in [0.717, 1.165) is 9.91 Å². The van der Waals surface area contributed by atoms with Crippen molar-refractivity contribution in [1.82, 2.24) is 15.2 Å². The van der Waals surface area contributed by atoms with Crippen molar-refractivity contribution in [3.05, 3.63) is 16.6 Å². The van der Waals surface area contributed by atoms with Crippen molar-refractivity contribution < 1.29 is 22.8 Å². The van der Waals surface area contributed by atoms with E-state index in [1.807, 2.05) is 0 Å². The van der Waals surface area contributed by atoms with Crippen molar-refractivity contribution in [2.75, 3.05) is 13.1 Å². The van der Waals surface area contributed by atoms with Crippen LogP contribution in [0.3, 0.4) is 0 Å². The summed E-state index contributed by atoms with van der Waals surface area (Å²) in [6.45, 7) is 0.222. The minimum atomic E-state index is -4.85. The van der Waals surface area contributed by atoms with Gasteiger partial charge in [-0.1, -0.05) is 0 Å². The summed E-state index contributed by atoms with van der Waals surface area (Å²) >= 11 is 1.41. The zero-order valence-electron chi connectivity index (χ0n) is 11.0. The molecule has 9 heteroatoms. The molecule has 21 heavy (non-hydrogen) atoms. The zero-order chi connectivity index (χ0) is 15.5. The highest BCUT2D eigenvalue weighted by atomic mass is 32.1. The number of thiazole rings is 1. The van der Waals surface area contributed by atoms with Crippen LogP contribution in [-0.2, 0) is 16.1 Å². The van der Waals surface area contributed by atoms with Crippen molar-refractivity contribution in [2.45, 2.75) is 25.6 Å². The predicted molar refractivity (Wildman–Crippen MR) is 69.3 cm³/mol. The van der Waals surface area contributed by atoms with Gasteiger partial charge in [-0.3, -0.25) is 9.59 Å². The van der Waals surface area contributed by atoms with E-state index in [9.17, 15) is 22.8 Å². The van der Waals surface area contributed by atoms with Gasteiger partial charge in [0, 0.05) is 30.6 Å². The van der Waals surface area contributed by atoms with Crippen LogP contribution in [0.4, 0.5) is 13.2 Å². The third kappa shape index (κ3) is 4.16. The summed E-state index contributed by atoms with van der Waals surface area (Å²) in [6, 6.07) is 0. The first-order valence-electron chi connectivity index (χ1n) is 6.40. The Kier molecular flexibility index (Phi) is 4.81. The molecule has 0 spiro atoms. The lowest BCUT2D eigenvalue weighted by atomic mass is 9.96. The van der Waals surface area contributed by atoms with Gasteiger partial charge in [0.25, 0.3) is 0 Å². The van der Waals surface area contributed by atoms with Gasteiger partial charge in [0.1, 0.15) is 5.01 Å². The monoisotopic (exact) mass is 321 g/mol. The zero-order valence-corrected chi connectivity index (χ0v) is 11.8. The first-order valence-corrected chi connectivity index (χ1v) is 7.28. The smallest absolute Gasteiger partial charge is 0.349 e. The summed E-state index contributed by atoms with van der Waals surface area (Å²) in [4.78, 5) is 27.8. The molecule has 1 fully saturated rings. The largest absolute Gasteiger partial charge is 0.471 e. The molecule has 1 aliphatic rings. The number of aromatic nitrogens is 1. The first kappa shape index (κ1) is 15.7. The van der Waals surface area contributed by atoms with Crippen molar-refractivity contribution in [3.63, 3.8) is 0 Å². The molecular weight excluding hydrogens is 307 g/mol. The highest BCUT2D eigenvalue weighted by Crippen LogP contribution is 2.24. The maximum Gasteiger partial charge on any atom is 0.471 e. The summed E-state index contributed by atoms with van der Waals surface area (Å²) in [5, 5.41) is 5.28. The van der Waals surface area contributed by atoms with E-state index in [4.69, 9.17) is 0 Å². The Balaban J connectivity index is 1.78. The molecule has 0 aromatic carbocycles. The van der Waals surface area contributed by atoms with E-state index in [1.54, 1.807) is 11.6 Å². The van der Waals surface area contributed by atoms with Gasteiger partial charge in [-0.05, 0) is 12.8 Å². The van der Waals surface area contributed by atoms with Crippen molar-refractivity contribution in [2.24, 2.45) is 5.92 Å². The standard InChI is InChI=1S/C12H14F3N3O2S/c13-12(14,15)11(20)18-4-1-8(2-5-18)10(19)17-7-9-16-3-6-21-9/h3,6,8H,1-2,4-5,7H2,(H,17,19). The van der Waals surface area contributed by atoms with Crippen LogP contribution in [0.2, 0.25) is 0 Å². The molecule has 2 rings (SSSR count). The molecule has 5 nitrogen and oxygen atoms in total. The maximum absolute atomic E-state index is 12.3. The van der Waals surface area contributed by atoms with Crippen molar-refractivity contribution in [3.8, 4) is 0 Å². The third-order valence-electron chi connectivity index (χ3n) is 3.29. The Morgan fingerprint density at radius 3 is 2.57 bits per heavy atom. The van der Waals surface area contributed by atoms with Crippen LogP contribution in [0.25, 0.3) is 0 Å². The van der Waals surface area contributed by atoms with Crippen LogP contribution in [0, 0.1) is 5.92 Å². The second-order valence-corrected chi connectivity index (χ2v) is 5.69. The predicted octanol–water partition coefficient (Wildman–Crippen LogP) is 1.56. The van der Waals surface area contributed by atoms with E-state index in [2.05, 4.69) is 10.3 Å². The number of nitrogens with one attached hydrogen (secondary N) is 1. The lowest BCUT2D eigenvalue weighted by Crippen LogP contribution is -2.47. The van der Waals surface area contributed by atoms with Gasteiger partial charge in [0.15, 0.2) is 0 Å². The number of hydrogen-bond acceptors (Lipinski definition) is 4. The van der Waals surface area contributed by atoms with Gasteiger partial charge in [-0.2, -0.15) is 13.2 Å². The number of rotatable bonds is 3. The molecule has 116 valence electrons. The van der Waals surface area contributed by atoms with Crippen LogP contribution in [0.1, 0.15) is 17.8 Å². The number of alkyl halides is 3. The van der Waals surface area contributed by atoms with Crippen LogP contribution in [0.5, 0.6) is 0 Å². The molecule has 0 saturated carbocycles. The Morgan fingerprint density at radius 1 is 1.38 bits per heavy atom.